The van der Waals surface area contributed by atoms with E-state index < -0.39 is 4.92 Å². The van der Waals surface area contributed by atoms with Crippen LogP contribution in [0.3, 0.4) is 0 Å². The van der Waals surface area contributed by atoms with E-state index in [1.807, 2.05) is 6.92 Å². The van der Waals surface area contributed by atoms with E-state index in [0.717, 1.165) is 12.0 Å². The highest BCUT2D eigenvalue weighted by Gasteiger charge is 2.15. The minimum Gasteiger partial charge on any atom is -0.327 e. The Labute approximate surface area is 89.2 Å². The molecule has 0 saturated heterocycles. The van der Waals surface area contributed by atoms with Crippen molar-refractivity contribution in [1.82, 2.24) is 0 Å². The molecule has 1 rings (SSSR count). The molecule has 4 nitrogen and oxygen atoms in total. The molecule has 0 fully saturated rings. The van der Waals surface area contributed by atoms with Gasteiger partial charge in [0.15, 0.2) is 0 Å². The molecule has 2 unspecified atom stereocenters. The molecule has 0 spiro atoms. The smallest absolute Gasteiger partial charge is 0.269 e. The van der Waals surface area contributed by atoms with Gasteiger partial charge < -0.3 is 5.73 Å². The summed E-state index contributed by atoms with van der Waals surface area (Å²) in [6.45, 7) is 4.02. The van der Waals surface area contributed by atoms with Crippen molar-refractivity contribution >= 4 is 5.69 Å². The molecular formula is C11H16N2O2. The Balaban J connectivity index is 2.92. The molecule has 0 heterocycles. The largest absolute Gasteiger partial charge is 0.327 e. The van der Waals surface area contributed by atoms with E-state index in [1.165, 1.54) is 12.1 Å². The summed E-state index contributed by atoms with van der Waals surface area (Å²) in [6.07, 6.45) is 0.940. The van der Waals surface area contributed by atoms with Crippen molar-refractivity contribution in [3.05, 3.63) is 39.9 Å². The summed E-state index contributed by atoms with van der Waals surface area (Å²) in [4.78, 5) is 10.1. The molecule has 2 N–H and O–H groups in total. The van der Waals surface area contributed by atoms with Crippen molar-refractivity contribution in [1.29, 1.82) is 0 Å². The minimum absolute atomic E-state index is 0.0662. The van der Waals surface area contributed by atoms with Gasteiger partial charge in [-0.2, -0.15) is 0 Å². The average Bonchev–Trinajstić information content (AvgIpc) is 2.19. The van der Waals surface area contributed by atoms with Gasteiger partial charge in [0.05, 0.1) is 4.92 Å². The van der Waals surface area contributed by atoms with Crippen molar-refractivity contribution in [2.45, 2.75) is 32.2 Å². The van der Waals surface area contributed by atoms with Crippen LogP contribution in [0.25, 0.3) is 0 Å². The SMILES string of the molecule is CCC(c1ccc([N+](=O)[O-])cc1)C(C)N. The summed E-state index contributed by atoms with van der Waals surface area (Å²) in [5.41, 5.74) is 7.03. The Morgan fingerprint density at radius 1 is 1.40 bits per heavy atom. The van der Waals surface area contributed by atoms with Crippen LogP contribution in [-0.4, -0.2) is 11.0 Å². The Hall–Kier alpha value is -1.42. The number of rotatable bonds is 4. The highest BCUT2D eigenvalue weighted by atomic mass is 16.6. The Bertz CT molecular complexity index is 333. The van der Waals surface area contributed by atoms with Crippen molar-refractivity contribution in [2.75, 3.05) is 0 Å². The first-order chi connectivity index (χ1) is 7.06. The van der Waals surface area contributed by atoms with Crippen LogP contribution in [0.1, 0.15) is 31.7 Å². The first-order valence-electron chi connectivity index (χ1n) is 5.06. The predicted octanol–water partition coefficient (Wildman–Crippen LogP) is 2.44. The average molecular weight is 208 g/mol. The number of nitro benzene ring substituents is 1. The van der Waals surface area contributed by atoms with Crippen LogP contribution in [0, 0.1) is 10.1 Å². The Morgan fingerprint density at radius 2 is 1.93 bits per heavy atom. The fraction of sp³-hybridized carbons (Fsp3) is 0.455. The number of nitrogens with two attached hydrogens (primary N) is 1. The van der Waals surface area contributed by atoms with Gasteiger partial charge >= 0.3 is 0 Å². The first kappa shape index (κ1) is 11.7. The van der Waals surface area contributed by atoms with Gasteiger partial charge in [0.1, 0.15) is 0 Å². The molecule has 0 aliphatic rings. The third kappa shape index (κ3) is 2.76. The fourth-order valence-corrected chi connectivity index (χ4v) is 1.75. The van der Waals surface area contributed by atoms with E-state index in [4.69, 9.17) is 5.73 Å². The zero-order chi connectivity index (χ0) is 11.4. The molecule has 0 aromatic heterocycles. The van der Waals surface area contributed by atoms with Crippen LogP contribution in [0.15, 0.2) is 24.3 Å². The van der Waals surface area contributed by atoms with E-state index in [0.29, 0.717) is 0 Å². The second kappa shape index (κ2) is 4.89. The molecule has 0 bridgehead atoms. The maximum atomic E-state index is 10.5. The lowest BCUT2D eigenvalue weighted by atomic mass is 9.90. The van der Waals surface area contributed by atoms with Crippen molar-refractivity contribution in [2.24, 2.45) is 5.73 Å². The van der Waals surface area contributed by atoms with Crippen LogP contribution in [0.4, 0.5) is 5.69 Å². The number of nitro groups is 1. The molecule has 0 amide bonds. The molecule has 0 radical (unpaired) electrons. The third-order valence-corrected chi connectivity index (χ3v) is 2.61. The zero-order valence-electron chi connectivity index (χ0n) is 9.01. The van der Waals surface area contributed by atoms with Crippen LogP contribution < -0.4 is 5.73 Å². The Morgan fingerprint density at radius 3 is 2.27 bits per heavy atom. The second-order valence-corrected chi connectivity index (χ2v) is 3.72. The van der Waals surface area contributed by atoms with Gasteiger partial charge in [0, 0.05) is 18.2 Å². The lowest BCUT2D eigenvalue weighted by molar-refractivity contribution is -0.384. The van der Waals surface area contributed by atoms with Crippen LogP contribution >= 0.6 is 0 Å². The monoisotopic (exact) mass is 208 g/mol. The van der Waals surface area contributed by atoms with Gasteiger partial charge in [-0.1, -0.05) is 19.1 Å². The summed E-state index contributed by atoms with van der Waals surface area (Å²) < 4.78 is 0. The van der Waals surface area contributed by atoms with Crippen molar-refractivity contribution in [3.8, 4) is 0 Å². The summed E-state index contributed by atoms with van der Waals surface area (Å²) >= 11 is 0. The molecule has 1 aromatic carbocycles. The van der Waals surface area contributed by atoms with Crippen LogP contribution in [-0.2, 0) is 0 Å². The second-order valence-electron chi connectivity index (χ2n) is 3.72. The standard InChI is InChI=1S/C11H16N2O2/c1-3-11(8(2)12)9-4-6-10(7-5-9)13(14)15/h4-8,11H,3,12H2,1-2H3. The summed E-state index contributed by atoms with van der Waals surface area (Å²) in [7, 11) is 0. The van der Waals surface area contributed by atoms with E-state index >= 15 is 0 Å². The molecule has 0 saturated carbocycles. The van der Waals surface area contributed by atoms with Gasteiger partial charge in [-0.25, -0.2) is 0 Å². The van der Waals surface area contributed by atoms with Gasteiger partial charge in [-0.3, -0.25) is 10.1 Å². The minimum atomic E-state index is -0.392. The molecule has 2 atom stereocenters. The van der Waals surface area contributed by atoms with Crippen LogP contribution in [0.5, 0.6) is 0 Å². The highest BCUT2D eigenvalue weighted by Crippen LogP contribution is 2.24. The van der Waals surface area contributed by atoms with Gasteiger partial charge in [0.25, 0.3) is 5.69 Å². The van der Waals surface area contributed by atoms with Crippen molar-refractivity contribution in [3.63, 3.8) is 0 Å². The Kier molecular flexibility index (Phi) is 3.80. The number of hydrogen-bond donors (Lipinski definition) is 1. The lowest BCUT2D eigenvalue weighted by Gasteiger charge is -2.18. The molecule has 82 valence electrons. The molecular weight excluding hydrogens is 192 g/mol. The quantitative estimate of drug-likeness (QED) is 0.610. The third-order valence-electron chi connectivity index (χ3n) is 2.61. The van der Waals surface area contributed by atoms with E-state index in [9.17, 15) is 10.1 Å². The van der Waals surface area contributed by atoms with Gasteiger partial charge in [-0.05, 0) is 24.8 Å². The number of benzene rings is 1. The predicted molar refractivity (Wildman–Crippen MR) is 59.8 cm³/mol. The van der Waals surface area contributed by atoms with Gasteiger partial charge in [0.2, 0.25) is 0 Å². The molecule has 4 heteroatoms. The summed E-state index contributed by atoms with van der Waals surface area (Å²) in [5.74, 6) is 0.269. The highest BCUT2D eigenvalue weighted by molar-refractivity contribution is 5.34. The number of nitrogens with zero attached hydrogens (tertiary/aromatic N) is 1. The number of non-ortho nitro benzene ring substituents is 1. The maximum Gasteiger partial charge on any atom is 0.269 e. The normalized spacial score (nSPS) is 14.6. The zero-order valence-corrected chi connectivity index (χ0v) is 9.01. The molecule has 0 aliphatic heterocycles. The molecule has 1 aromatic rings. The lowest BCUT2D eigenvalue weighted by Crippen LogP contribution is -2.24. The van der Waals surface area contributed by atoms with E-state index in [-0.39, 0.29) is 17.6 Å². The molecule has 15 heavy (non-hydrogen) atoms. The topological polar surface area (TPSA) is 69.2 Å². The maximum absolute atomic E-state index is 10.5. The first-order valence-corrected chi connectivity index (χ1v) is 5.06. The van der Waals surface area contributed by atoms with Crippen molar-refractivity contribution < 1.29 is 4.92 Å². The van der Waals surface area contributed by atoms with Crippen LogP contribution in [0.2, 0.25) is 0 Å². The number of hydrogen-bond acceptors (Lipinski definition) is 3. The van der Waals surface area contributed by atoms with E-state index in [1.54, 1.807) is 12.1 Å². The van der Waals surface area contributed by atoms with E-state index in [2.05, 4.69) is 6.92 Å². The molecule has 0 aliphatic carbocycles. The van der Waals surface area contributed by atoms with Gasteiger partial charge in [-0.15, -0.1) is 0 Å². The summed E-state index contributed by atoms with van der Waals surface area (Å²) in [6, 6.07) is 6.70. The summed E-state index contributed by atoms with van der Waals surface area (Å²) in [5, 5.41) is 10.5. The fourth-order valence-electron chi connectivity index (χ4n) is 1.75.